The molecular weight excluding hydrogens is 322 g/mol. The van der Waals surface area contributed by atoms with Crippen LogP contribution in [0.5, 0.6) is 0 Å². The molecule has 1 heterocycles. The monoisotopic (exact) mass is 345 g/mol. The first kappa shape index (κ1) is 17.7. The number of benzene rings is 2. The van der Waals surface area contributed by atoms with E-state index in [1.165, 1.54) is 5.56 Å². The number of aryl methyl sites for hydroxylation is 1. The summed E-state index contributed by atoms with van der Waals surface area (Å²) in [4.78, 5) is 18.6. The number of hydrogen-bond acceptors (Lipinski definition) is 3. The van der Waals surface area contributed by atoms with Crippen LogP contribution in [0.2, 0.25) is 0 Å². The van der Waals surface area contributed by atoms with E-state index in [1.54, 1.807) is 24.3 Å². The van der Waals surface area contributed by atoms with Gasteiger partial charge in [0.1, 0.15) is 0 Å². The molecule has 132 valence electrons. The number of pyridine rings is 1. The first-order valence-electron chi connectivity index (χ1n) is 8.76. The summed E-state index contributed by atoms with van der Waals surface area (Å²) >= 11 is 0. The minimum Gasteiger partial charge on any atom is -0.354 e. The highest BCUT2D eigenvalue weighted by Crippen LogP contribution is 2.18. The summed E-state index contributed by atoms with van der Waals surface area (Å²) in [5.41, 5.74) is 4.74. The van der Waals surface area contributed by atoms with Crippen molar-refractivity contribution in [3.63, 3.8) is 0 Å². The Morgan fingerprint density at radius 1 is 0.962 bits per heavy atom. The van der Waals surface area contributed by atoms with Crippen LogP contribution in [0, 0.1) is 0 Å². The van der Waals surface area contributed by atoms with E-state index in [4.69, 9.17) is 0 Å². The third kappa shape index (κ3) is 4.48. The average molecular weight is 345 g/mol. The summed E-state index contributed by atoms with van der Waals surface area (Å²) in [6.45, 7) is 2.70. The van der Waals surface area contributed by atoms with Crippen LogP contribution in [0.25, 0.3) is 0 Å². The number of hydrogen-bond donors (Lipinski definition) is 1. The van der Waals surface area contributed by atoms with Crippen molar-refractivity contribution in [1.82, 2.24) is 9.88 Å². The van der Waals surface area contributed by atoms with E-state index in [9.17, 15) is 4.79 Å². The molecular formula is C22H23N3O. The second kappa shape index (κ2) is 8.30. The Hall–Kier alpha value is -3.14. The molecule has 0 spiro atoms. The Bertz CT molecular complexity index is 860. The number of rotatable bonds is 6. The molecule has 4 heteroatoms. The molecule has 0 fully saturated rings. The van der Waals surface area contributed by atoms with Gasteiger partial charge in [0.15, 0.2) is 0 Å². The van der Waals surface area contributed by atoms with Crippen LogP contribution < -0.4 is 5.32 Å². The molecule has 1 amide bonds. The molecule has 4 nitrogen and oxygen atoms in total. The maximum Gasteiger partial charge on any atom is 0.255 e. The number of anilines is 2. The van der Waals surface area contributed by atoms with Crippen LogP contribution in [0.15, 0.2) is 73.1 Å². The standard InChI is InChI=1S/C22H23N3O/c1-3-17-9-11-20(12-10-17)24-21-13-19(14-23-15-21)22(26)25(2)16-18-7-5-4-6-8-18/h4-15,24H,3,16H2,1-2H3. The van der Waals surface area contributed by atoms with Crippen LogP contribution >= 0.6 is 0 Å². The normalized spacial score (nSPS) is 10.4. The molecule has 1 aromatic heterocycles. The predicted molar refractivity (Wildman–Crippen MR) is 106 cm³/mol. The van der Waals surface area contributed by atoms with Crippen LogP contribution in [0.4, 0.5) is 11.4 Å². The topological polar surface area (TPSA) is 45.2 Å². The second-order valence-electron chi connectivity index (χ2n) is 6.28. The molecule has 1 N–H and O–H groups in total. The highest BCUT2D eigenvalue weighted by Gasteiger charge is 2.13. The first-order valence-corrected chi connectivity index (χ1v) is 8.76. The minimum atomic E-state index is -0.0497. The Labute approximate surface area is 154 Å². The molecule has 0 unspecified atom stereocenters. The van der Waals surface area contributed by atoms with Gasteiger partial charge in [-0.2, -0.15) is 0 Å². The van der Waals surface area contributed by atoms with E-state index in [2.05, 4.69) is 29.4 Å². The summed E-state index contributed by atoms with van der Waals surface area (Å²) in [5.74, 6) is -0.0497. The molecule has 0 atom stereocenters. The van der Waals surface area contributed by atoms with Crippen molar-refractivity contribution < 1.29 is 4.79 Å². The van der Waals surface area contributed by atoms with E-state index < -0.39 is 0 Å². The number of carbonyl (C=O) groups excluding carboxylic acids is 1. The van der Waals surface area contributed by atoms with E-state index in [0.29, 0.717) is 12.1 Å². The quantitative estimate of drug-likeness (QED) is 0.707. The molecule has 0 bridgehead atoms. The van der Waals surface area contributed by atoms with Gasteiger partial charge in [0.05, 0.1) is 17.4 Å². The van der Waals surface area contributed by atoms with Crippen molar-refractivity contribution in [2.75, 3.05) is 12.4 Å². The van der Waals surface area contributed by atoms with Gasteiger partial charge in [0, 0.05) is 25.5 Å². The highest BCUT2D eigenvalue weighted by atomic mass is 16.2. The number of amides is 1. The average Bonchev–Trinajstić information content (AvgIpc) is 2.69. The largest absolute Gasteiger partial charge is 0.354 e. The third-order valence-electron chi connectivity index (χ3n) is 4.25. The minimum absolute atomic E-state index is 0.0497. The molecule has 3 aromatic rings. The summed E-state index contributed by atoms with van der Waals surface area (Å²) in [7, 11) is 1.80. The molecule has 0 aliphatic carbocycles. The smallest absolute Gasteiger partial charge is 0.255 e. The van der Waals surface area contributed by atoms with Crippen molar-refractivity contribution in [2.45, 2.75) is 19.9 Å². The van der Waals surface area contributed by atoms with Gasteiger partial charge in [0.25, 0.3) is 5.91 Å². The fourth-order valence-electron chi connectivity index (χ4n) is 2.77. The van der Waals surface area contributed by atoms with Crippen molar-refractivity contribution in [3.05, 3.63) is 89.7 Å². The maximum absolute atomic E-state index is 12.7. The zero-order valence-electron chi connectivity index (χ0n) is 15.1. The summed E-state index contributed by atoms with van der Waals surface area (Å²) in [5, 5.41) is 3.31. The number of nitrogens with one attached hydrogen (secondary N) is 1. The van der Waals surface area contributed by atoms with Crippen molar-refractivity contribution in [1.29, 1.82) is 0 Å². The van der Waals surface area contributed by atoms with Crippen molar-refractivity contribution in [2.24, 2.45) is 0 Å². The van der Waals surface area contributed by atoms with Gasteiger partial charge in [0.2, 0.25) is 0 Å². The lowest BCUT2D eigenvalue weighted by molar-refractivity contribution is 0.0784. The highest BCUT2D eigenvalue weighted by molar-refractivity contribution is 5.94. The Kier molecular flexibility index (Phi) is 5.64. The van der Waals surface area contributed by atoms with Crippen LogP contribution in [0.1, 0.15) is 28.4 Å². The van der Waals surface area contributed by atoms with E-state index in [-0.39, 0.29) is 5.91 Å². The van der Waals surface area contributed by atoms with Crippen LogP contribution in [-0.4, -0.2) is 22.8 Å². The summed E-state index contributed by atoms with van der Waals surface area (Å²) in [6, 6.07) is 20.1. The number of aromatic nitrogens is 1. The van der Waals surface area contributed by atoms with Crippen molar-refractivity contribution >= 4 is 17.3 Å². The van der Waals surface area contributed by atoms with E-state index in [1.807, 2.05) is 48.5 Å². The lowest BCUT2D eigenvalue weighted by Crippen LogP contribution is -2.26. The molecule has 0 saturated carbocycles. The second-order valence-corrected chi connectivity index (χ2v) is 6.28. The molecule has 0 saturated heterocycles. The number of nitrogens with zero attached hydrogens (tertiary/aromatic N) is 2. The Balaban J connectivity index is 1.70. The molecule has 0 radical (unpaired) electrons. The zero-order chi connectivity index (χ0) is 18.4. The molecule has 26 heavy (non-hydrogen) atoms. The lowest BCUT2D eigenvalue weighted by Gasteiger charge is -2.17. The van der Waals surface area contributed by atoms with Gasteiger partial charge in [-0.15, -0.1) is 0 Å². The van der Waals surface area contributed by atoms with E-state index >= 15 is 0 Å². The first-order chi connectivity index (χ1) is 12.7. The molecule has 2 aromatic carbocycles. The third-order valence-corrected chi connectivity index (χ3v) is 4.25. The summed E-state index contributed by atoms with van der Waals surface area (Å²) in [6.07, 6.45) is 4.34. The van der Waals surface area contributed by atoms with Gasteiger partial charge in [-0.25, -0.2) is 0 Å². The fraction of sp³-hybridized carbons (Fsp3) is 0.182. The Morgan fingerprint density at radius 3 is 2.38 bits per heavy atom. The van der Waals surface area contributed by atoms with Gasteiger partial charge in [-0.3, -0.25) is 9.78 Å². The fourth-order valence-corrected chi connectivity index (χ4v) is 2.77. The molecule has 3 rings (SSSR count). The van der Waals surface area contributed by atoms with Gasteiger partial charge >= 0.3 is 0 Å². The van der Waals surface area contributed by atoms with Gasteiger partial charge in [-0.05, 0) is 35.7 Å². The van der Waals surface area contributed by atoms with Gasteiger partial charge in [-0.1, -0.05) is 49.4 Å². The molecule has 0 aliphatic heterocycles. The predicted octanol–water partition coefficient (Wildman–Crippen LogP) is 4.66. The maximum atomic E-state index is 12.7. The van der Waals surface area contributed by atoms with Crippen LogP contribution in [0.3, 0.4) is 0 Å². The zero-order valence-corrected chi connectivity index (χ0v) is 15.1. The van der Waals surface area contributed by atoms with Gasteiger partial charge < -0.3 is 10.2 Å². The SMILES string of the molecule is CCc1ccc(Nc2cncc(C(=O)N(C)Cc3ccccc3)c2)cc1. The lowest BCUT2D eigenvalue weighted by atomic mass is 10.1. The number of carbonyl (C=O) groups is 1. The Morgan fingerprint density at radius 2 is 1.69 bits per heavy atom. The van der Waals surface area contributed by atoms with Crippen LogP contribution in [-0.2, 0) is 13.0 Å². The summed E-state index contributed by atoms with van der Waals surface area (Å²) < 4.78 is 0. The molecule has 0 aliphatic rings. The van der Waals surface area contributed by atoms with E-state index in [0.717, 1.165) is 23.4 Å². The van der Waals surface area contributed by atoms with Crippen molar-refractivity contribution in [3.8, 4) is 0 Å².